The Morgan fingerprint density at radius 3 is 2.45 bits per heavy atom. The molecule has 2 aromatic carbocycles. The normalized spacial score (nSPS) is 10.5. The van der Waals surface area contributed by atoms with Gasteiger partial charge in [-0.05, 0) is 41.8 Å². The van der Waals surface area contributed by atoms with Crippen molar-refractivity contribution >= 4 is 57.2 Å². The van der Waals surface area contributed by atoms with Crippen LogP contribution in [0.15, 0.2) is 72.1 Å². The van der Waals surface area contributed by atoms with E-state index in [0.29, 0.717) is 10.4 Å². The first-order valence-electron chi connectivity index (χ1n) is 9.12. The number of hydrogen-bond acceptors (Lipinski definition) is 5. The van der Waals surface area contributed by atoms with E-state index in [9.17, 15) is 14.4 Å². The van der Waals surface area contributed by atoms with Crippen LogP contribution in [0.2, 0.25) is 5.02 Å². The number of para-hydroxylation sites is 1. The highest BCUT2D eigenvalue weighted by molar-refractivity contribution is 7.12. The zero-order valence-electron chi connectivity index (χ0n) is 15.9. The van der Waals surface area contributed by atoms with Gasteiger partial charge in [0.2, 0.25) is 0 Å². The molecule has 0 aliphatic carbocycles. The highest BCUT2D eigenvalue weighted by Crippen LogP contribution is 2.24. The van der Waals surface area contributed by atoms with Crippen LogP contribution in [0, 0.1) is 0 Å². The van der Waals surface area contributed by atoms with Crippen molar-refractivity contribution < 1.29 is 14.4 Å². The predicted molar refractivity (Wildman–Crippen MR) is 120 cm³/mol. The first-order valence-corrected chi connectivity index (χ1v) is 10.4. The van der Waals surface area contributed by atoms with Gasteiger partial charge in [0, 0.05) is 10.9 Å². The SMILES string of the molecule is O=C(NNC(=O)c1ccc2ccccc2n1)c1ccc(Cl)c(NC(=O)c2cccs2)c1. The van der Waals surface area contributed by atoms with Crippen molar-refractivity contribution in [1.29, 1.82) is 0 Å². The molecule has 0 radical (unpaired) electrons. The molecule has 0 atom stereocenters. The fourth-order valence-electron chi connectivity index (χ4n) is 2.80. The van der Waals surface area contributed by atoms with E-state index in [0.717, 1.165) is 5.39 Å². The van der Waals surface area contributed by atoms with Gasteiger partial charge in [-0.15, -0.1) is 11.3 Å². The van der Waals surface area contributed by atoms with Crippen LogP contribution in [0.3, 0.4) is 0 Å². The fourth-order valence-corrected chi connectivity index (χ4v) is 3.58. The topological polar surface area (TPSA) is 100 Å². The molecular weight excluding hydrogens is 436 g/mol. The maximum atomic E-state index is 12.5. The van der Waals surface area contributed by atoms with Crippen molar-refractivity contribution in [3.63, 3.8) is 0 Å². The number of nitrogens with one attached hydrogen (secondary N) is 3. The minimum Gasteiger partial charge on any atom is -0.320 e. The van der Waals surface area contributed by atoms with Crippen LogP contribution >= 0.6 is 22.9 Å². The number of nitrogens with zero attached hydrogens (tertiary/aromatic N) is 1. The lowest BCUT2D eigenvalue weighted by Gasteiger charge is -2.10. The summed E-state index contributed by atoms with van der Waals surface area (Å²) in [5, 5.41) is 5.65. The zero-order valence-corrected chi connectivity index (χ0v) is 17.5. The molecule has 0 aliphatic heterocycles. The van der Waals surface area contributed by atoms with Crippen LogP contribution in [-0.2, 0) is 0 Å². The number of anilines is 1. The van der Waals surface area contributed by atoms with E-state index in [1.54, 1.807) is 35.7 Å². The summed E-state index contributed by atoms with van der Waals surface area (Å²) in [4.78, 5) is 41.9. The molecule has 0 unspecified atom stereocenters. The molecule has 2 heterocycles. The van der Waals surface area contributed by atoms with Gasteiger partial charge in [0.15, 0.2) is 0 Å². The summed E-state index contributed by atoms with van der Waals surface area (Å²) in [6.45, 7) is 0. The standard InChI is InChI=1S/C22H15ClN4O3S/c23-15-9-7-14(12-18(15)25-22(30)19-6-3-11-31-19)20(28)26-27-21(29)17-10-8-13-4-1-2-5-16(13)24-17/h1-12H,(H,25,30)(H,26,28)(H,27,29). The fraction of sp³-hybridized carbons (Fsp3) is 0. The summed E-state index contributed by atoms with van der Waals surface area (Å²) >= 11 is 7.43. The van der Waals surface area contributed by atoms with Gasteiger partial charge in [0.25, 0.3) is 17.7 Å². The average Bonchev–Trinajstić information content (AvgIpc) is 3.33. The largest absolute Gasteiger partial charge is 0.320 e. The molecule has 0 saturated heterocycles. The average molecular weight is 451 g/mol. The molecule has 3 amide bonds. The van der Waals surface area contributed by atoms with Crippen LogP contribution in [0.5, 0.6) is 0 Å². The Bertz CT molecular complexity index is 1290. The van der Waals surface area contributed by atoms with Crippen molar-refractivity contribution in [2.24, 2.45) is 0 Å². The molecule has 0 aliphatic rings. The maximum Gasteiger partial charge on any atom is 0.288 e. The van der Waals surface area contributed by atoms with Crippen molar-refractivity contribution in [1.82, 2.24) is 15.8 Å². The van der Waals surface area contributed by atoms with E-state index in [-0.39, 0.29) is 27.9 Å². The van der Waals surface area contributed by atoms with E-state index >= 15 is 0 Å². The summed E-state index contributed by atoms with van der Waals surface area (Å²) in [6.07, 6.45) is 0. The molecule has 4 aromatic rings. The van der Waals surface area contributed by atoms with Gasteiger partial charge in [-0.2, -0.15) is 0 Å². The molecule has 0 spiro atoms. The summed E-state index contributed by atoms with van der Waals surface area (Å²) in [5.41, 5.74) is 6.01. The first kappa shape index (κ1) is 20.5. The van der Waals surface area contributed by atoms with Crippen LogP contribution in [0.25, 0.3) is 10.9 Å². The van der Waals surface area contributed by atoms with E-state index < -0.39 is 11.8 Å². The number of rotatable bonds is 4. The van der Waals surface area contributed by atoms with E-state index in [1.165, 1.54) is 29.5 Å². The third kappa shape index (κ3) is 4.71. The molecule has 9 heteroatoms. The summed E-state index contributed by atoms with van der Waals surface area (Å²) in [5.74, 6) is -1.46. The number of amides is 3. The zero-order chi connectivity index (χ0) is 21.8. The molecule has 154 valence electrons. The number of benzene rings is 2. The number of hydrazine groups is 1. The van der Waals surface area contributed by atoms with Crippen LogP contribution in [-0.4, -0.2) is 22.7 Å². The Hall–Kier alpha value is -3.75. The Labute approximate surface area is 186 Å². The van der Waals surface area contributed by atoms with Gasteiger partial charge in [0.1, 0.15) is 5.69 Å². The Morgan fingerprint density at radius 2 is 1.65 bits per heavy atom. The van der Waals surface area contributed by atoms with Crippen LogP contribution < -0.4 is 16.2 Å². The Morgan fingerprint density at radius 1 is 0.839 bits per heavy atom. The minimum atomic E-state index is -0.572. The van der Waals surface area contributed by atoms with Crippen molar-refractivity contribution in [2.75, 3.05) is 5.32 Å². The number of thiophene rings is 1. The molecule has 2 aromatic heterocycles. The number of fused-ring (bicyclic) bond motifs is 1. The van der Waals surface area contributed by atoms with Gasteiger partial charge >= 0.3 is 0 Å². The van der Waals surface area contributed by atoms with Gasteiger partial charge in [-0.25, -0.2) is 4.98 Å². The lowest BCUT2D eigenvalue weighted by atomic mass is 10.2. The molecule has 7 nitrogen and oxygen atoms in total. The second kappa shape index (κ2) is 8.95. The molecule has 31 heavy (non-hydrogen) atoms. The number of carbonyl (C=O) groups excluding carboxylic acids is 3. The van der Waals surface area contributed by atoms with E-state index in [2.05, 4.69) is 21.2 Å². The third-order valence-corrected chi connectivity index (χ3v) is 5.54. The molecule has 0 fully saturated rings. The smallest absolute Gasteiger partial charge is 0.288 e. The molecular formula is C22H15ClN4O3S. The van der Waals surface area contributed by atoms with Crippen molar-refractivity contribution in [2.45, 2.75) is 0 Å². The van der Waals surface area contributed by atoms with Gasteiger partial charge in [-0.1, -0.05) is 41.9 Å². The van der Waals surface area contributed by atoms with Gasteiger partial charge in [0.05, 0.1) is 21.1 Å². The van der Waals surface area contributed by atoms with E-state index in [4.69, 9.17) is 11.6 Å². The second-order valence-corrected chi connectivity index (χ2v) is 7.78. The summed E-state index contributed by atoms with van der Waals surface area (Å²) < 4.78 is 0. The third-order valence-electron chi connectivity index (χ3n) is 4.34. The number of pyridine rings is 1. The van der Waals surface area contributed by atoms with Crippen LogP contribution in [0.1, 0.15) is 30.5 Å². The molecule has 3 N–H and O–H groups in total. The van der Waals surface area contributed by atoms with Crippen molar-refractivity contribution in [3.8, 4) is 0 Å². The quantitative estimate of drug-likeness (QED) is 0.404. The summed E-state index contributed by atoms with van der Waals surface area (Å²) in [6, 6.07) is 18.6. The molecule has 4 rings (SSSR count). The lowest BCUT2D eigenvalue weighted by Crippen LogP contribution is -2.42. The van der Waals surface area contributed by atoms with Gasteiger partial charge in [-0.3, -0.25) is 25.2 Å². The number of halogens is 1. The maximum absolute atomic E-state index is 12.5. The number of hydrogen-bond donors (Lipinski definition) is 3. The highest BCUT2D eigenvalue weighted by atomic mass is 35.5. The monoisotopic (exact) mass is 450 g/mol. The molecule has 0 saturated carbocycles. The second-order valence-electron chi connectivity index (χ2n) is 6.42. The van der Waals surface area contributed by atoms with E-state index in [1.807, 2.05) is 18.2 Å². The number of carbonyl (C=O) groups is 3. The lowest BCUT2D eigenvalue weighted by molar-refractivity contribution is 0.0844. The van der Waals surface area contributed by atoms with Crippen molar-refractivity contribution in [3.05, 3.63) is 93.3 Å². The minimum absolute atomic E-state index is 0.166. The predicted octanol–water partition coefficient (Wildman–Crippen LogP) is 4.28. The number of aromatic nitrogens is 1. The van der Waals surface area contributed by atoms with Crippen LogP contribution in [0.4, 0.5) is 5.69 Å². The summed E-state index contributed by atoms with van der Waals surface area (Å²) in [7, 11) is 0. The first-order chi connectivity index (χ1) is 15.0. The van der Waals surface area contributed by atoms with Gasteiger partial charge < -0.3 is 5.32 Å². The molecule has 0 bridgehead atoms. The highest BCUT2D eigenvalue weighted by Gasteiger charge is 2.14. The Balaban J connectivity index is 1.43. The Kier molecular flexibility index (Phi) is 5.92.